The standard InChI is InChI=1S/C11H11FN2O3/c12-7-3-1-2-6(9(15)16)8(7)14-10(17)11(13)4-5-11/h1-3H,4-5,13H2,(H,14,17)(H,15,16). The summed E-state index contributed by atoms with van der Waals surface area (Å²) in [6, 6.07) is 3.57. The highest BCUT2D eigenvalue weighted by Gasteiger charge is 2.46. The van der Waals surface area contributed by atoms with E-state index in [1.165, 1.54) is 12.1 Å². The Labute approximate surface area is 96.4 Å². The van der Waals surface area contributed by atoms with Gasteiger partial charge in [-0.15, -0.1) is 0 Å². The Morgan fingerprint density at radius 1 is 1.41 bits per heavy atom. The molecule has 1 aliphatic carbocycles. The van der Waals surface area contributed by atoms with Crippen molar-refractivity contribution in [2.24, 2.45) is 5.73 Å². The van der Waals surface area contributed by atoms with Gasteiger partial charge in [-0.25, -0.2) is 9.18 Å². The lowest BCUT2D eigenvalue weighted by molar-refractivity contribution is -0.118. The third kappa shape index (κ3) is 2.12. The van der Waals surface area contributed by atoms with Gasteiger partial charge in [-0.05, 0) is 25.0 Å². The van der Waals surface area contributed by atoms with Crippen LogP contribution in [0.3, 0.4) is 0 Å². The SMILES string of the molecule is NC1(C(=O)Nc2c(F)cccc2C(=O)O)CC1. The summed E-state index contributed by atoms with van der Waals surface area (Å²) in [4.78, 5) is 22.5. The fraction of sp³-hybridized carbons (Fsp3) is 0.273. The van der Waals surface area contributed by atoms with Gasteiger partial charge < -0.3 is 16.2 Å². The fourth-order valence-corrected chi connectivity index (χ4v) is 1.43. The van der Waals surface area contributed by atoms with E-state index in [9.17, 15) is 14.0 Å². The first-order valence-electron chi connectivity index (χ1n) is 5.06. The molecule has 0 atom stereocenters. The topological polar surface area (TPSA) is 92.4 Å². The summed E-state index contributed by atoms with van der Waals surface area (Å²) in [6.45, 7) is 0. The highest BCUT2D eigenvalue weighted by Crippen LogP contribution is 2.34. The monoisotopic (exact) mass is 238 g/mol. The van der Waals surface area contributed by atoms with E-state index >= 15 is 0 Å². The Kier molecular flexibility index (Phi) is 2.59. The van der Waals surface area contributed by atoms with E-state index in [-0.39, 0.29) is 11.3 Å². The second-order valence-electron chi connectivity index (χ2n) is 4.08. The number of rotatable bonds is 3. The van der Waals surface area contributed by atoms with E-state index in [1.807, 2.05) is 0 Å². The molecule has 17 heavy (non-hydrogen) atoms. The van der Waals surface area contributed by atoms with Crippen molar-refractivity contribution in [3.05, 3.63) is 29.6 Å². The van der Waals surface area contributed by atoms with Crippen LogP contribution in [-0.4, -0.2) is 22.5 Å². The summed E-state index contributed by atoms with van der Waals surface area (Å²) in [5.74, 6) is -2.64. The zero-order valence-electron chi connectivity index (χ0n) is 8.87. The number of para-hydroxylation sites is 1. The second-order valence-corrected chi connectivity index (χ2v) is 4.08. The van der Waals surface area contributed by atoms with E-state index < -0.39 is 23.2 Å². The summed E-state index contributed by atoms with van der Waals surface area (Å²) in [6.07, 6.45) is 1.05. The van der Waals surface area contributed by atoms with Gasteiger partial charge in [0.15, 0.2) is 0 Å². The molecule has 0 spiro atoms. The van der Waals surface area contributed by atoms with Gasteiger partial charge in [-0.2, -0.15) is 0 Å². The van der Waals surface area contributed by atoms with E-state index in [4.69, 9.17) is 10.8 Å². The summed E-state index contributed by atoms with van der Waals surface area (Å²) in [5.41, 5.74) is 4.04. The predicted molar refractivity (Wildman–Crippen MR) is 58.1 cm³/mol. The molecule has 1 fully saturated rings. The first-order chi connectivity index (χ1) is 7.94. The Hall–Kier alpha value is -1.95. The Morgan fingerprint density at radius 3 is 2.59 bits per heavy atom. The van der Waals surface area contributed by atoms with Crippen molar-refractivity contribution in [3.63, 3.8) is 0 Å². The number of carboxylic acid groups (broad SMARTS) is 1. The van der Waals surface area contributed by atoms with Gasteiger partial charge in [0, 0.05) is 0 Å². The number of benzene rings is 1. The van der Waals surface area contributed by atoms with Crippen LogP contribution in [0.4, 0.5) is 10.1 Å². The number of carbonyl (C=O) groups is 2. The molecule has 1 saturated carbocycles. The Morgan fingerprint density at radius 2 is 2.06 bits per heavy atom. The summed E-state index contributed by atoms with van der Waals surface area (Å²) in [7, 11) is 0. The van der Waals surface area contributed by atoms with Crippen molar-refractivity contribution >= 4 is 17.6 Å². The average molecular weight is 238 g/mol. The largest absolute Gasteiger partial charge is 0.478 e. The third-order valence-electron chi connectivity index (χ3n) is 2.72. The number of anilines is 1. The number of halogens is 1. The molecule has 2 rings (SSSR count). The summed E-state index contributed by atoms with van der Waals surface area (Å²) < 4.78 is 13.5. The molecule has 90 valence electrons. The van der Waals surface area contributed by atoms with Crippen LogP contribution in [0.5, 0.6) is 0 Å². The lowest BCUT2D eigenvalue weighted by Gasteiger charge is -2.12. The maximum atomic E-state index is 13.5. The van der Waals surface area contributed by atoms with Crippen molar-refractivity contribution < 1.29 is 19.1 Å². The number of hydrogen-bond donors (Lipinski definition) is 3. The lowest BCUT2D eigenvalue weighted by Crippen LogP contribution is -2.38. The van der Waals surface area contributed by atoms with Crippen LogP contribution >= 0.6 is 0 Å². The lowest BCUT2D eigenvalue weighted by atomic mass is 10.1. The molecule has 0 unspecified atom stereocenters. The molecule has 0 radical (unpaired) electrons. The van der Waals surface area contributed by atoms with Crippen molar-refractivity contribution in [1.82, 2.24) is 0 Å². The van der Waals surface area contributed by atoms with Crippen molar-refractivity contribution in [2.75, 3.05) is 5.32 Å². The zero-order valence-corrected chi connectivity index (χ0v) is 8.87. The van der Waals surface area contributed by atoms with Gasteiger partial charge in [0.1, 0.15) is 5.82 Å². The zero-order chi connectivity index (χ0) is 12.6. The van der Waals surface area contributed by atoms with Crippen LogP contribution in [0.1, 0.15) is 23.2 Å². The molecule has 1 aromatic carbocycles. The molecule has 0 saturated heterocycles. The highest BCUT2D eigenvalue weighted by molar-refractivity contribution is 6.05. The molecule has 1 aliphatic rings. The van der Waals surface area contributed by atoms with Crippen molar-refractivity contribution in [3.8, 4) is 0 Å². The van der Waals surface area contributed by atoms with E-state index in [2.05, 4.69) is 5.32 Å². The highest BCUT2D eigenvalue weighted by atomic mass is 19.1. The third-order valence-corrected chi connectivity index (χ3v) is 2.72. The number of hydrogen-bond acceptors (Lipinski definition) is 3. The molecular weight excluding hydrogens is 227 g/mol. The van der Waals surface area contributed by atoms with E-state index in [0.717, 1.165) is 6.07 Å². The molecule has 1 aromatic rings. The van der Waals surface area contributed by atoms with Gasteiger partial charge in [0.25, 0.3) is 0 Å². The van der Waals surface area contributed by atoms with Crippen molar-refractivity contribution in [2.45, 2.75) is 18.4 Å². The minimum absolute atomic E-state index is 0.289. The molecule has 0 heterocycles. The fourth-order valence-electron chi connectivity index (χ4n) is 1.43. The normalized spacial score (nSPS) is 16.4. The van der Waals surface area contributed by atoms with Gasteiger partial charge in [-0.1, -0.05) is 6.07 Å². The van der Waals surface area contributed by atoms with Crippen molar-refractivity contribution in [1.29, 1.82) is 0 Å². The van der Waals surface area contributed by atoms with Crippen LogP contribution < -0.4 is 11.1 Å². The predicted octanol–water partition coefficient (Wildman–Crippen LogP) is 0.954. The Bertz CT molecular complexity index is 497. The number of carboxylic acids is 1. The molecule has 6 heteroatoms. The molecular formula is C11H11FN2O3. The molecule has 0 bridgehead atoms. The molecule has 4 N–H and O–H groups in total. The maximum Gasteiger partial charge on any atom is 0.337 e. The van der Waals surface area contributed by atoms with Crippen LogP contribution in [0.25, 0.3) is 0 Å². The molecule has 0 aromatic heterocycles. The number of nitrogens with two attached hydrogens (primary N) is 1. The number of carbonyl (C=O) groups excluding carboxylic acids is 1. The summed E-state index contributed by atoms with van der Waals surface area (Å²) in [5, 5.41) is 11.1. The minimum atomic E-state index is -1.30. The molecule has 1 amide bonds. The minimum Gasteiger partial charge on any atom is -0.478 e. The number of nitrogens with one attached hydrogen (secondary N) is 1. The molecule has 5 nitrogen and oxygen atoms in total. The van der Waals surface area contributed by atoms with Gasteiger partial charge in [0.05, 0.1) is 16.8 Å². The Balaban J connectivity index is 2.31. The quantitative estimate of drug-likeness (QED) is 0.731. The van der Waals surface area contributed by atoms with Crippen LogP contribution in [-0.2, 0) is 4.79 Å². The number of amides is 1. The van der Waals surface area contributed by atoms with E-state index in [0.29, 0.717) is 12.8 Å². The first-order valence-corrected chi connectivity index (χ1v) is 5.06. The van der Waals surface area contributed by atoms with Gasteiger partial charge >= 0.3 is 5.97 Å². The second kappa shape index (κ2) is 3.81. The average Bonchev–Trinajstić information content (AvgIpc) is 3.00. The molecule has 0 aliphatic heterocycles. The number of aromatic carboxylic acids is 1. The smallest absolute Gasteiger partial charge is 0.337 e. The van der Waals surface area contributed by atoms with Crippen LogP contribution in [0.2, 0.25) is 0 Å². The van der Waals surface area contributed by atoms with Crippen LogP contribution in [0.15, 0.2) is 18.2 Å². The van der Waals surface area contributed by atoms with Gasteiger partial charge in [0.2, 0.25) is 5.91 Å². The summed E-state index contributed by atoms with van der Waals surface area (Å²) >= 11 is 0. The maximum absolute atomic E-state index is 13.5. The first kappa shape index (κ1) is 11.5. The van der Waals surface area contributed by atoms with Gasteiger partial charge in [-0.3, -0.25) is 4.79 Å². The van der Waals surface area contributed by atoms with E-state index in [1.54, 1.807) is 0 Å². The van der Waals surface area contributed by atoms with Crippen LogP contribution in [0, 0.1) is 5.82 Å².